The van der Waals surface area contributed by atoms with E-state index in [1.54, 1.807) is 13.0 Å². The van der Waals surface area contributed by atoms with Crippen LogP contribution in [0, 0.1) is 12.7 Å². The largest absolute Gasteiger partial charge is 0.320 e. The molecule has 0 unspecified atom stereocenters. The summed E-state index contributed by atoms with van der Waals surface area (Å²) in [5.74, 6) is -0.751. The van der Waals surface area contributed by atoms with Crippen LogP contribution in [0.4, 0.5) is 10.1 Å². The lowest BCUT2D eigenvalue weighted by atomic mass is 10.2. The topological polar surface area (TPSA) is 42.0 Å². The number of nitrogens with zero attached hydrogens (tertiary/aromatic N) is 1. The molecule has 2 rings (SSSR count). The number of hydrogen-bond donors (Lipinski definition) is 1. The highest BCUT2D eigenvalue weighted by atomic mass is 79.9. The van der Waals surface area contributed by atoms with E-state index in [1.807, 2.05) is 0 Å². The number of aryl methyl sites for hydroxylation is 1. The number of hydrogen-bond acceptors (Lipinski definition) is 2. The zero-order valence-electron chi connectivity index (χ0n) is 9.88. The van der Waals surface area contributed by atoms with Gasteiger partial charge in [0.2, 0.25) is 0 Å². The molecule has 6 heteroatoms. The van der Waals surface area contributed by atoms with Crippen LogP contribution in [0.25, 0.3) is 0 Å². The molecule has 0 saturated heterocycles. The molecular formula is C13H9BrClFN2O. The lowest BCUT2D eigenvalue weighted by Crippen LogP contribution is -2.14. The van der Waals surface area contributed by atoms with Crippen molar-refractivity contribution in [3.05, 3.63) is 57.0 Å². The van der Waals surface area contributed by atoms with Crippen LogP contribution in [0.2, 0.25) is 5.02 Å². The highest BCUT2D eigenvalue weighted by molar-refractivity contribution is 9.10. The van der Waals surface area contributed by atoms with Gasteiger partial charge in [-0.2, -0.15) is 0 Å². The van der Waals surface area contributed by atoms with E-state index in [0.29, 0.717) is 16.3 Å². The summed E-state index contributed by atoms with van der Waals surface area (Å²) in [4.78, 5) is 15.9. The molecule has 0 atom stereocenters. The van der Waals surface area contributed by atoms with Gasteiger partial charge in [0.1, 0.15) is 11.5 Å². The summed E-state index contributed by atoms with van der Waals surface area (Å²) < 4.78 is 13.6. The van der Waals surface area contributed by atoms with Gasteiger partial charge in [0.05, 0.1) is 9.50 Å². The van der Waals surface area contributed by atoms with E-state index in [2.05, 4.69) is 26.2 Å². The minimum Gasteiger partial charge on any atom is -0.320 e. The molecule has 2 aromatic rings. The molecule has 0 aliphatic rings. The highest BCUT2D eigenvalue weighted by Gasteiger charge is 2.11. The molecule has 3 nitrogen and oxygen atoms in total. The Morgan fingerprint density at radius 2 is 2.16 bits per heavy atom. The Hall–Kier alpha value is -1.46. The molecule has 19 heavy (non-hydrogen) atoms. The number of amides is 1. The van der Waals surface area contributed by atoms with Crippen molar-refractivity contribution < 1.29 is 9.18 Å². The van der Waals surface area contributed by atoms with E-state index in [4.69, 9.17) is 11.6 Å². The van der Waals surface area contributed by atoms with Crippen molar-refractivity contribution >= 4 is 39.1 Å². The highest BCUT2D eigenvalue weighted by Crippen LogP contribution is 2.24. The standard InChI is InChI=1S/C13H9BrClFN2O/c1-7-4-10(16)9(14)5-12(7)18-13(19)11-3-2-8(15)6-17-11/h2-6H,1H3,(H,18,19). The Labute approximate surface area is 122 Å². The van der Waals surface area contributed by atoms with Crippen LogP contribution in [0.5, 0.6) is 0 Å². The maximum absolute atomic E-state index is 13.3. The third kappa shape index (κ3) is 3.30. The molecule has 1 amide bonds. The molecule has 1 aromatic heterocycles. The van der Waals surface area contributed by atoms with Gasteiger partial charge in [0, 0.05) is 11.9 Å². The number of halogens is 3. The summed E-state index contributed by atoms with van der Waals surface area (Å²) in [7, 11) is 0. The molecule has 0 saturated carbocycles. The SMILES string of the molecule is Cc1cc(F)c(Br)cc1NC(=O)c1ccc(Cl)cn1. The summed E-state index contributed by atoms with van der Waals surface area (Å²) in [6, 6.07) is 5.95. The zero-order valence-corrected chi connectivity index (χ0v) is 12.2. The van der Waals surface area contributed by atoms with E-state index in [-0.39, 0.29) is 21.9 Å². The van der Waals surface area contributed by atoms with Crippen molar-refractivity contribution in [2.45, 2.75) is 6.92 Å². The van der Waals surface area contributed by atoms with Crippen molar-refractivity contribution in [2.75, 3.05) is 5.32 Å². The van der Waals surface area contributed by atoms with Crippen molar-refractivity contribution in [2.24, 2.45) is 0 Å². The normalized spacial score (nSPS) is 10.3. The van der Waals surface area contributed by atoms with Gasteiger partial charge in [-0.15, -0.1) is 0 Å². The second-order valence-electron chi connectivity index (χ2n) is 3.90. The molecule has 98 valence electrons. The van der Waals surface area contributed by atoms with Gasteiger partial charge in [-0.25, -0.2) is 9.37 Å². The minimum absolute atomic E-state index is 0.240. The second-order valence-corrected chi connectivity index (χ2v) is 5.19. The zero-order chi connectivity index (χ0) is 14.0. The Kier molecular flexibility index (Phi) is 4.17. The van der Waals surface area contributed by atoms with E-state index in [1.165, 1.54) is 24.4 Å². The van der Waals surface area contributed by atoms with Crippen molar-refractivity contribution in [1.29, 1.82) is 0 Å². The van der Waals surface area contributed by atoms with Crippen LogP contribution >= 0.6 is 27.5 Å². The first-order valence-electron chi connectivity index (χ1n) is 5.36. The molecule has 0 aliphatic carbocycles. The van der Waals surface area contributed by atoms with E-state index in [9.17, 15) is 9.18 Å². The molecular weight excluding hydrogens is 335 g/mol. The molecule has 0 fully saturated rings. The van der Waals surface area contributed by atoms with E-state index in [0.717, 1.165) is 0 Å². The maximum atomic E-state index is 13.3. The Balaban J connectivity index is 2.24. The molecule has 0 aliphatic heterocycles. The minimum atomic E-state index is -0.377. The van der Waals surface area contributed by atoms with Crippen molar-refractivity contribution in [1.82, 2.24) is 4.98 Å². The Morgan fingerprint density at radius 3 is 2.79 bits per heavy atom. The Morgan fingerprint density at radius 1 is 1.42 bits per heavy atom. The number of pyridine rings is 1. The number of aromatic nitrogens is 1. The van der Waals surface area contributed by atoms with Crippen LogP contribution in [0.3, 0.4) is 0 Å². The fraction of sp³-hybridized carbons (Fsp3) is 0.0769. The predicted molar refractivity (Wildman–Crippen MR) is 76.0 cm³/mol. The van der Waals surface area contributed by atoms with Gasteiger partial charge in [-0.05, 0) is 52.7 Å². The fourth-order valence-corrected chi connectivity index (χ4v) is 1.93. The third-order valence-electron chi connectivity index (χ3n) is 2.48. The molecule has 0 radical (unpaired) electrons. The smallest absolute Gasteiger partial charge is 0.274 e. The monoisotopic (exact) mass is 342 g/mol. The first-order valence-corrected chi connectivity index (χ1v) is 6.53. The number of anilines is 1. The average molecular weight is 344 g/mol. The summed E-state index contributed by atoms with van der Waals surface area (Å²) in [5.41, 5.74) is 1.39. The second kappa shape index (κ2) is 5.67. The van der Waals surface area contributed by atoms with Crippen LogP contribution in [0.1, 0.15) is 16.1 Å². The van der Waals surface area contributed by atoms with Gasteiger partial charge in [0.25, 0.3) is 5.91 Å². The fourth-order valence-electron chi connectivity index (χ4n) is 1.48. The number of benzene rings is 1. The van der Waals surface area contributed by atoms with Gasteiger partial charge in [-0.3, -0.25) is 4.79 Å². The summed E-state index contributed by atoms with van der Waals surface area (Å²) in [6.45, 7) is 1.71. The summed E-state index contributed by atoms with van der Waals surface area (Å²) in [6.07, 6.45) is 1.39. The van der Waals surface area contributed by atoms with Crippen molar-refractivity contribution in [3.8, 4) is 0 Å². The molecule has 1 heterocycles. The van der Waals surface area contributed by atoms with Crippen LogP contribution in [-0.2, 0) is 0 Å². The lowest BCUT2D eigenvalue weighted by Gasteiger charge is -2.09. The number of nitrogens with one attached hydrogen (secondary N) is 1. The van der Waals surface area contributed by atoms with E-state index < -0.39 is 0 Å². The molecule has 1 N–H and O–H groups in total. The van der Waals surface area contributed by atoms with Crippen LogP contribution in [-0.4, -0.2) is 10.9 Å². The number of rotatable bonds is 2. The first-order chi connectivity index (χ1) is 8.97. The molecule has 1 aromatic carbocycles. The molecule has 0 bridgehead atoms. The van der Waals surface area contributed by atoms with Crippen molar-refractivity contribution in [3.63, 3.8) is 0 Å². The summed E-state index contributed by atoms with van der Waals surface area (Å²) in [5, 5.41) is 3.13. The average Bonchev–Trinajstić information content (AvgIpc) is 2.36. The maximum Gasteiger partial charge on any atom is 0.274 e. The van der Waals surface area contributed by atoms with Gasteiger partial charge in [0.15, 0.2) is 0 Å². The van der Waals surface area contributed by atoms with E-state index >= 15 is 0 Å². The summed E-state index contributed by atoms with van der Waals surface area (Å²) >= 11 is 8.77. The van der Waals surface area contributed by atoms with Crippen LogP contribution < -0.4 is 5.32 Å². The number of carbonyl (C=O) groups is 1. The van der Waals surface area contributed by atoms with Gasteiger partial charge < -0.3 is 5.32 Å². The first kappa shape index (κ1) is 14.0. The predicted octanol–water partition coefficient (Wildman–Crippen LogP) is 4.20. The Bertz CT molecular complexity index is 631. The molecule has 0 spiro atoms. The van der Waals surface area contributed by atoms with Crippen LogP contribution in [0.15, 0.2) is 34.9 Å². The number of carbonyl (C=O) groups excluding carboxylic acids is 1. The lowest BCUT2D eigenvalue weighted by molar-refractivity contribution is 0.102. The van der Waals surface area contributed by atoms with Gasteiger partial charge in [-0.1, -0.05) is 11.6 Å². The van der Waals surface area contributed by atoms with Gasteiger partial charge >= 0.3 is 0 Å². The quantitative estimate of drug-likeness (QED) is 0.888. The third-order valence-corrected chi connectivity index (χ3v) is 3.31.